The molecule has 4 N–H and O–H groups in total. The van der Waals surface area contributed by atoms with Crippen molar-refractivity contribution in [2.24, 2.45) is 0 Å². The van der Waals surface area contributed by atoms with Crippen LogP contribution >= 0.6 is 11.3 Å². The van der Waals surface area contributed by atoms with Gasteiger partial charge >= 0.3 is 17.9 Å². The third-order valence-corrected chi connectivity index (χ3v) is 5.21. The summed E-state index contributed by atoms with van der Waals surface area (Å²) >= 11 is 1.43. The Kier molecular flexibility index (Phi) is 11.1. The molecule has 0 aliphatic heterocycles. The molecule has 0 aliphatic carbocycles. The van der Waals surface area contributed by atoms with E-state index in [0.29, 0.717) is 17.2 Å². The monoisotopic (exact) mass is 430 g/mol. The van der Waals surface area contributed by atoms with Gasteiger partial charge in [0.15, 0.2) is 0 Å². The molecule has 0 spiro atoms. The number of carbonyl (C=O) groups excluding carboxylic acids is 2. The second kappa shape index (κ2) is 12.2. The number of carbonyl (C=O) groups is 4. The second-order valence-electron chi connectivity index (χ2n) is 7.02. The molecule has 0 aromatic carbocycles. The highest BCUT2D eigenvalue weighted by Gasteiger charge is 2.21. The zero-order valence-electron chi connectivity index (χ0n) is 17.6. The van der Waals surface area contributed by atoms with Crippen LogP contribution in [0.4, 0.5) is 5.00 Å². The van der Waals surface area contributed by atoms with E-state index in [1.165, 1.54) is 11.3 Å². The third-order valence-electron chi connectivity index (χ3n) is 3.86. The zero-order chi connectivity index (χ0) is 22.8. The summed E-state index contributed by atoms with van der Waals surface area (Å²) in [5.74, 6) is -3.91. The summed E-state index contributed by atoms with van der Waals surface area (Å²) in [5.41, 5.74) is 0.337. The lowest BCUT2D eigenvalue weighted by Gasteiger charge is -2.24. The molecular formula is C19H30N2O7S. The van der Waals surface area contributed by atoms with Crippen LogP contribution < -0.4 is 10.6 Å². The van der Waals surface area contributed by atoms with Gasteiger partial charge < -0.3 is 25.6 Å². The van der Waals surface area contributed by atoms with Crippen LogP contribution in [-0.4, -0.2) is 52.7 Å². The fourth-order valence-electron chi connectivity index (χ4n) is 1.76. The average Bonchev–Trinajstić information content (AvgIpc) is 3.05. The van der Waals surface area contributed by atoms with Gasteiger partial charge in [-0.25, -0.2) is 14.4 Å². The van der Waals surface area contributed by atoms with Crippen LogP contribution in [0.3, 0.4) is 0 Å². The van der Waals surface area contributed by atoms with Crippen LogP contribution in [0.25, 0.3) is 0 Å². The van der Waals surface area contributed by atoms with Crippen LogP contribution in [-0.2, 0) is 19.1 Å². The van der Waals surface area contributed by atoms with Crippen LogP contribution in [0.1, 0.15) is 69.1 Å². The molecule has 1 aromatic rings. The number of nitrogens with one attached hydrogen (secondary N) is 2. The van der Waals surface area contributed by atoms with Gasteiger partial charge in [0.2, 0.25) is 5.91 Å². The van der Waals surface area contributed by atoms with Crippen molar-refractivity contribution < 1.29 is 34.1 Å². The molecule has 9 nitrogen and oxygen atoms in total. The maximum Gasteiger partial charge on any atom is 0.414 e. The lowest BCUT2D eigenvalue weighted by Crippen LogP contribution is -2.43. The number of aliphatic carboxylic acids is 2. The molecule has 1 aromatic heterocycles. The first-order valence-electron chi connectivity index (χ1n) is 9.16. The highest BCUT2D eigenvalue weighted by atomic mass is 32.1. The summed E-state index contributed by atoms with van der Waals surface area (Å²) in [6, 6.07) is 1.81. The Morgan fingerprint density at radius 1 is 1.14 bits per heavy atom. The van der Waals surface area contributed by atoms with Crippen molar-refractivity contribution in [1.29, 1.82) is 0 Å². The van der Waals surface area contributed by atoms with Gasteiger partial charge in [0.1, 0.15) is 5.00 Å². The maximum atomic E-state index is 12.2. The summed E-state index contributed by atoms with van der Waals surface area (Å²) in [4.78, 5) is 43.5. The van der Waals surface area contributed by atoms with Gasteiger partial charge in [-0.2, -0.15) is 0 Å². The third kappa shape index (κ3) is 10.0. The molecule has 0 radical (unpaired) electrons. The van der Waals surface area contributed by atoms with Gasteiger partial charge in [0.25, 0.3) is 0 Å². The summed E-state index contributed by atoms with van der Waals surface area (Å²) in [7, 11) is 0. The number of amides is 1. The highest BCUT2D eigenvalue weighted by Crippen LogP contribution is 2.33. The van der Waals surface area contributed by atoms with E-state index in [1.807, 2.05) is 19.9 Å². The minimum absolute atomic E-state index is 0.0974. The van der Waals surface area contributed by atoms with Crippen molar-refractivity contribution in [3.63, 3.8) is 0 Å². The number of anilines is 1. The molecule has 1 heterocycles. The van der Waals surface area contributed by atoms with Gasteiger partial charge in [-0.3, -0.25) is 4.79 Å². The first-order chi connectivity index (χ1) is 13.3. The first-order valence-corrected chi connectivity index (χ1v) is 9.98. The van der Waals surface area contributed by atoms with Gasteiger partial charge in [0.05, 0.1) is 18.7 Å². The Hall–Kier alpha value is -2.46. The number of thiophene rings is 1. The molecule has 164 valence electrons. The molecule has 0 saturated carbocycles. The fourth-order valence-corrected chi connectivity index (χ4v) is 2.83. The van der Waals surface area contributed by atoms with Crippen LogP contribution in [0.15, 0.2) is 6.07 Å². The number of rotatable bonds is 8. The quantitative estimate of drug-likeness (QED) is 0.364. The number of carboxylic acids is 2. The van der Waals surface area contributed by atoms with Crippen LogP contribution in [0.2, 0.25) is 0 Å². The van der Waals surface area contributed by atoms with E-state index in [0.717, 1.165) is 11.3 Å². The Morgan fingerprint density at radius 3 is 2.10 bits per heavy atom. The number of hydrogen-bond acceptors (Lipinski definition) is 7. The summed E-state index contributed by atoms with van der Waals surface area (Å²) in [6.45, 7) is 12.6. The largest absolute Gasteiger partial charge is 0.473 e. The molecule has 10 heteroatoms. The molecular weight excluding hydrogens is 400 g/mol. The first kappa shape index (κ1) is 26.5. The summed E-state index contributed by atoms with van der Waals surface area (Å²) < 4.78 is 5.08. The van der Waals surface area contributed by atoms with E-state index < -0.39 is 17.9 Å². The van der Waals surface area contributed by atoms with Gasteiger partial charge in [0, 0.05) is 10.4 Å². The predicted octanol–water partition coefficient (Wildman–Crippen LogP) is 2.92. The van der Waals surface area contributed by atoms with Crippen LogP contribution in [0.5, 0.6) is 0 Å². The Bertz CT molecular complexity index is 714. The second-order valence-corrected chi connectivity index (χ2v) is 8.10. The average molecular weight is 431 g/mol. The predicted molar refractivity (Wildman–Crippen MR) is 111 cm³/mol. The number of carboxylic acid groups (broad SMARTS) is 2. The smallest absolute Gasteiger partial charge is 0.414 e. The molecule has 1 rings (SSSR count). The van der Waals surface area contributed by atoms with E-state index in [-0.39, 0.29) is 23.9 Å². The normalized spacial score (nSPS) is 10.7. The Labute approximate surface area is 174 Å². The minimum Gasteiger partial charge on any atom is -0.473 e. The molecule has 1 amide bonds. The van der Waals surface area contributed by atoms with Crippen LogP contribution in [0, 0.1) is 0 Å². The van der Waals surface area contributed by atoms with Crippen molar-refractivity contribution in [1.82, 2.24) is 5.32 Å². The van der Waals surface area contributed by atoms with Gasteiger partial charge in [-0.15, -0.1) is 11.3 Å². The SMILES string of the molecule is CCOC(=O)c1cc(C(C)C)sc1NC(=O)CNC(C)(C)CC.O=C(O)C(=O)O. The van der Waals surface area contributed by atoms with E-state index >= 15 is 0 Å². The molecule has 0 fully saturated rings. The minimum atomic E-state index is -1.82. The lowest BCUT2D eigenvalue weighted by atomic mass is 10.0. The lowest BCUT2D eigenvalue weighted by molar-refractivity contribution is -0.159. The van der Waals surface area contributed by atoms with Crippen molar-refractivity contribution in [3.05, 3.63) is 16.5 Å². The molecule has 0 atom stereocenters. The summed E-state index contributed by atoms with van der Waals surface area (Å²) in [6.07, 6.45) is 0.921. The van der Waals surface area contributed by atoms with E-state index in [9.17, 15) is 9.59 Å². The fraction of sp³-hybridized carbons (Fsp3) is 0.579. The molecule has 0 unspecified atom stereocenters. The number of hydrogen-bond donors (Lipinski definition) is 4. The maximum absolute atomic E-state index is 12.2. The van der Waals surface area contributed by atoms with Crippen molar-refractivity contribution in [2.75, 3.05) is 18.5 Å². The van der Waals surface area contributed by atoms with E-state index in [4.69, 9.17) is 24.5 Å². The topological polar surface area (TPSA) is 142 Å². The van der Waals surface area contributed by atoms with E-state index in [2.05, 4.69) is 31.4 Å². The zero-order valence-corrected chi connectivity index (χ0v) is 18.4. The Morgan fingerprint density at radius 2 is 1.69 bits per heavy atom. The van der Waals surface area contributed by atoms with E-state index in [1.54, 1.807) is 6.92 Å². The number of ether oxygens (including phenoxy) is 1. The van der Waals surface area contributed by atoms with Crippen molar-refractivity contribution >= 4 is 40.2 Å². The molecule has 29 heavy (non-hydrogen) atoms. The highest BCUT2D eigenvalue weighted by molar-refractivity contribution is 7.16. The number of esters is 1. The van der Waals surface area contributed by atoms with Crippen molar-refractivity contribution in [3.8, 4) is 0 Å². The van der Waals surface area contributed by atoms with Gasteiger partial charge in [-0.05, 0) is 39.2 Å². The van der Waals surface area contributed by atoms with Gasteiger partial charge in [-0.1, -0.05) is 20.8 Å². The molecule has 0 aliphatic rings. The standard InChI is InChI=1S/C17H28N2O3S.C2H2O4/c1-7-17(5,6)18-10-14(20)19-15-12(16(21)22-8-2)9-13(23-15)11(3)4;3-1(4)2(5)6/h9,11,18H,7-8,10H2,1-6H3,(H,19,20);(H,3,4)(H,5,6). The molecule has 0 saturated heterocycles. The van der Waals surface area contributed by atoms with Crippen molar-refractivity contribution in [2.45, 2.75) is 59.4 Å². The Balaban J connectivity index is 0.00000113. The molecule has 0 bridgehead atoms. The summed E-state index contributed by atoms with van der Waals surface area (Å²) in [5, 5.41) is 21.4.